The Kier molecular flexibility index (Phi) is 4.37. The fourth-order valence-corrected chi connectivity index (χ4v) is 2.60. The number of nitrogens with zero attached hydrogens (tertiary/aromatic N) is 2. The Morgan fingerprint density at radius 1 is 1.00 bits per heavy atom. The standard InChI is InChI=1S/C18H19N3O2/c1-13-4-5-15(12-19-13)17(22)20-16-8-6-14(7-9-16)18(23)21-10-2-3-11-21/h4-9,12H,2-3,10-11H2,1H3,(H,20,22). The molecule has 1 aromatic heterocycles. The molecular formula is C18H19N3O2. The minimum absolute atomic E-state index is 0.0584. The summed E-state index contributed by atoms with van der Waals surface area (Å²) in [5, 5.41) is 2.81. The molecule has 0 spiro atoms. The number of benzene rings is 1. The summed E-state index contributed by atoms with van der Waals surface area (Å²) in [7, 11) is 0. The fraction of sp³-hybridized carbons (Fsp3) is 0.278. The van der Waals surface area contributed by atoms with Gasteiger partial charge in [-0.2, -0.15) is 0 Å². The number of hydrogen-bond acceptors (Lipinski definition) is 3. The number of carbonyl (C=O) groups excluding carboxylic acids is 2. The molecule has 5 heteroatoms. The quantitative estimate of drug-likeness (QED) is 0.948. The maximum atomic E-state index is 12.3. The van der Waals surface area contributed by atoms with Crippen molar-refractivity contribution in [3.63, 3.8) is 0 Å². The van der Waals surface area contributed by atoms with Crippen molar-refractivity contribution in [2.75, 3.05) is 18.4 Å². The highest BCUT2D eigenvalue weighted by molar-refractivity contribution is 6.04. The van der Waals surface area contributed by atoms with Crippen LogP contribution in [0.2, 0.25) is 0 Å². The lowest BCUT2D eigenvalue weighted by molar-refractivity contribution is 0.0792. The van der Waals surface area contributed by atoms with Gasteiger partial charge in [-0.3, -0.25) is 14.6 Å². The van der Waals surface area contributed by atoms with Gasteiger partial charge in [-0.05, 0) is 56.2 Å². The van der Waals surface area contributed by atoms with Crippen LogP contribution < -0.4 is 5.32 Å². The van der Waals surface area contributed by atoms with Gasteiger partial charge in [0.05, 0.1) is 5.56 Å². The van der Waals surface area contributed by atoms with Gasteiger partial charge in [0.2, 0.25) is 0 Å². The molecule has 1 N–H and O–H groups in total. The van der Waals surface area contributed by atoms with Gasteiger partial charge in [0, 0.05) is 36.2 Å². The van der Waals surface area contributed by atoms with Gasteiger partial charge in [-0.25, -0.2) is 0 Å². The molecule has 2 amide bonds. The zero-order valence-corrected chi connectivity index (χ0v) is 13.1. The summed E-state index contributed by atoms with van der Waals surface area (Å²) in [5.74, 6) is -0.153. The van der Waals surface area contributed by atoms with Crippen molar-refractivity contribution < 1.29 is 9.59 Å². The third-order valence-corrected chi connectivity index (χ3v) is 3.96. The fourth-order valence-electron chi connectivity index (χ4n) is 2.60. The summed E-state index contributed by atoms with van der Waals surface area (Å²) in [6, 6.07) is 10.6. The van der Waals surface area contributed by atoms with Gasteiger partial charge >= 0.3 is 0 Å². The first-order valence-corrected chi connectivity index (χ1v) is 7.77. The van der Waals surface area contributed by atoms with E-state index in [1.165, 1.54) is 0 Å². The second kappa shape index (κ2) is 6.60. The molecule has 1 aliphatic heterocycles. The molecule has 1 aromatic carbocycles. The third kappa shape index (κ3) is 3.56. The monoisotopic (exact) mass is 309 g/mol. The number of anilines is 1. The molecule has 0 aliphatic carbocycles. The van der Waals surface area contributed by atoms with E-state index in [1.54, 1.807) is 42.6 Å². The Bertz CT molecular complexity index is 702. The number of aryl methyl sites for hydroxylation is 1. The summed E-state index contributed by atoms with van der Waals surface area (Å²) in [6.07, 6.45) is 3.70. The lowest BCUT2D eigenvalue weighted by atomic mass is 10.1. The van der Waals surface area contributed by atoms with Crippen LogP contribution in [-0.4, -0.2) is 34.8 Å². The average molecular weight is 309 g/mol. The third-order valence-electron chi connectivity index (χ3n) is 3.96. The number of nitrogens with one attached hydrogen (secondary N) is 1. The molecular weight excluding hydrogens is 290 g/mol. The highest BCUT2D eigenvalue weighted by Crippen LogP contribution is 2.16. The van der Waals surface area contributed by atoms with Crippen LogP contribution in [0, 0.1) is 6.92 Å². The van der Waals surface area contributed by atoms with Crippen LogP contribution in [0.3, 0.4) is 0 Å². The second-order valence-electron chi connectivity index (χ2n) is 5.72. The van der Waals surface area contributed by atoms with Crippen molar-refractivity contribution in [3.8, 4) is 0 Å². The summed E-state index contributed by atoms with van der Waals surface area (Å²) < 4.78 is 0. The van der Waals surface area contributed by atoms with E-state index in [0.29, 0.717) is 16.8 Å². The van der Waals surface area contributed by atoms with E-state index in [1.807, 2.05) is 11.8 Å². The number of rotatable bonds is 3. The average Bonchev–Trinajstić information content (AvgIpc) is 3.10. The molecule has 2 heterocycles. The summed E-state index contributed by atoms with van der Waals surface area (Å²) >= 11 is 0. The lowest BCUT2D eigenvalue weighted by Gasteiger charge is -2.15. The van der Waals surface area contributed by atoms with E-state index in [-0.39, 0.29) is 11.8 Å². The van der Waals surface area contributed by atoms with Crippen LogP contribution >= 0.6 is 0 Å². The molecule has 1 saturated heterocycles. The van der Waals surface area contributed by atoms with Gasteiger partial charge in [-0.1, -0.05) is 0 Å². The molecule has 0 saturated carbocycles. The topological polar surface area (TPSA) is 62.3 Å². The van der Waals surface area contributed by atoms with E-state index in [2.05, 4.69) is 10.3 Å². The normalized spacial score (nSPS) is 13.9. The van der Waals surface area contributed by atoms with E-state index < -0.39 is 0 Å². The predicted octanol–water partition coefficient (Wildman–Crippen LogP) is 2.88. The molecule has 0 bridgehead atoms. The zero-order chi connectivity index (χ0) is 16.2. The molecule has 23 heavy (non-hydrogen) atoms. The number of hydrogen-bond donors (Lipinski definition) is 1. The van der Waals surface area contributed by atoms with Crippen LogP contribution in [0.25, 0.3) is 0 Å². The van der Waals surface area contributed by atoms with Crippen molar-refractivity contribution in [1.82, 2.24) is 9.88 Å². The van der Waals surface area contributed by atoms with Crippen molar-refractivity contribution in [3.05, 3.63) is 59.4 Å². The summed E-state index contributed by atoms with van der Waals surface area (Å²) in [4.78, 5) is 30.4. The number of amides is 2. The number of carbonyl (C=O) groups is 2. The number of likely N-dealkylation sites (tertiary alicyclic amines) is 1. The van der Waals surface area contributed by atoms with Gasteiger partial charge < -0.3 is 10.2 Å². The number of aromatic nitrogens is 1. The Labute approximate surface area is 135 Å². The van der Waals surface area contributed by atoms with E-state index >= 15 is 0 Å². The van der Waals surface area contributed by atoms with Gasteiger partial charge in [-0.15, -0.1) is 0 Å². The van der Waals surface area contributed by atoms with E-state index in [0.717, 1.165) is 31.6 Å². The molecule has 1 fully saturated rings. The molecule has 0 radical (unpaired) electrons. The van der Waals surface area contributed by atoms with Crippen molar-refractivity contribution in [1.29, 1.82) is 0 Å². The number of pyridine rings is 1. The van der Waals surface area contributed by atoms with Gasteiger partial charge in [0.1, 0.15) is 0 Å². The molecule has 2 aromatic rings. The van der Waals surface area contributed by atoms with Crippen LogP contribution in [0.15, 0.2) is 42.6 Å². The maximum absolute atomic E-state index is 12.3. The van der Waals surface area contributed by atoms with E-state index in [9.17, 15) is 9.59 Å². The van der Waals surface area contributed by atoms with Crippen molar-refractivity contribution in [2.45, 2.75) is 19.8 Å². The molecule has 5 nitrogen and oxygen atoms in total. The SMILES string of the molecule is Cc1ccc(C(=O)Nc2ccc(C(=O)N3CCCC3)cc2)cn1. The highest BCUT2D eigenvalue weighted by atomic mass is 16.2. The van der Waals surface area contributed by atoms with Crippen LogP contribution in [0.1, 0.15) is 39.3 Å². The van der Waals surface area contributed by atoms with Crippen molar-refractivity contribution >= 4 is 17.5 Å². The molecule has 0 unspecified atom stereocenters. The minimum atomic E-state index is -0.212. The molecule has 118 valence electrons. The predicted molar refractivity (Wildman–Crippen MR) is 88.5 cm³/mol. The molecule has 1 aliphatic rings. The van der Waals surface area contributed by atoms with Crippen molar-refractivity contribution in [2.24, 2.45) is 0 Å². The smallest absolute Gasteiger partial charge is 0.257 e. The van der Waals surface area contributed by atoms with E-state index in [4.69, 9.17) is 0 Å². The lowest BCUT2D eigenvalue weighted by Crippen LogP contribution is -2.27. The molecule has 0 atom stereocenters. The van der Waals surface area contributed by atoms with Gasteiger partial charge in [0.25, 0.3) is 11.8 Å². The first-order chi connectivity index (χ1) is 11.1. The minimum Gasteiger partial charge on any atom is -0.339 e. The first-order valence-electron chi connectivity index (χ1n) is 7.77. The summed E-state index contributed by atoms with van der Waals surface area (Å²) in [6.45, 7) is 3.54. The van der Waals surface area contributed by atoms with Crippen LogP contribution in [0.4, 0.5) is 5.69 Å². The Hall–Kier alpha value is -2.69. The maximum Gasteiger partial charge on any atom is 0.257 e. The Morgan fingerprint density at radius 2 is 1.65 bits per heavy atom. The van der Waals surface area contributed by atoms with Gasteiger partial charge in [0.15, 0.2) is 0 Å². The highest BCUT2D eigenvalue weighted by Gasteiger charge is 2.19. The first kappa shape index (κ1) is 15.2. The largest absolute Gasteiger partial charge is 0.339 e. The second-order valence-corrected chi connectivity index (χ2v) is 5.72. The zero-order valence-electron chi connectivity index (χ0n) is 13.1. The Balaban J connectivity index is 1.66. The van der Waals surface area contributed by atoms with Crippen LogP contribution in [-0.2, 0) is 0 Å². The molecule has 3 rings (SSSR count). The van der Waals surface area contributed by atoms with Crippen LogP contribution in [0.5, 0.6) is 0 Å². The Morgan fingerprint density at radius 3 is 2.26 bits per heavy atom. The summed E-state index contributed by atoms with van der Waals surface area (Å²) in [5.41, 5.74) is 2.69.